The summed E-state index contributed by atoms with van der Waals surface area (Å²) in [5, 5.41) is 4.04. The largest absolute Gasteiger partial charge is 0.497 e. The highest BCUT2D eigenvalue weighted by Gasteiger charge is 2.14. The summed E-state index contributed by atoms with van der Waals surface area (Å²) in [6.45, 7) is 2.17. The number of aromatic nitrogens is 1. The van der Waals surface area contributed by atoms with Crippen LogP contribution in [0.25, 0.3) is 9.53 Å². The third kappa shape index (κ3) is 3.05. The van der Waals surface area contributed by atoms with Gasteiger partial charge in [0.1, 0.15) is 15.5 Å². The summed E-state index contributed by atoms with van der Waals surface area (Å²) in [4.78, 5) is 17.6. The first-order chi connectivity index (χ1) is 10.7. The first kappa shape index (κ1) is 14.8. The van der Waals surface area contributed by atoms with Crippen LogP contribution >= 0.6 is 22.7 Å². The Bertz CT molecular complexity index is 761. The molecule has 3 rings (SSSR count). The van der Waals surface area contributed by atoms with Gasteiger partial charge in [0, 0.05) is 5.69 Å². The highest BCUT2D eigenvalue weighted by atomic mass is 32.1. The fourth-order valence-electron chi connectivity index (χ4n) is 1.89. The molecule has 7 heteroatoms. The van der Waals surface area contributed by atoms with Crippen LogP contribution in [0.3, 0.4) is 0 Å². The minimum Gasteiger partial charge on any atom is -0.497 e. The molecule has 0 atom stereocenters. The van der Waals surface area contributed by atoms with Gasteiger partial charge in [0.05, 0.1) is 18.4 Å². The minimum atomic E-state index is -0.289. The first-order valence-corrected chi connectivity index (χ1v) is 8.31. The summed E-state index contributed by atoms with van der Waals surface area (Å²) in [5.74, 6) is 0.520. The van der Waals surface area contributed by atoms with E-state index < -0.39 is 0 Å². The number of hydrogen-bond acceptors (Lipinski definition) is 7. The summed E-state index contributed by atoms with van der Waals surface area (Å²) in [6, 6.07) is 9.46. The number of thiophene rings is 1. The number of ether oxygens (including phenoxy) is 2. The predicted octanol–water partition coefficient (Wildman–Crippen LogP) is 4.29. The molecule has 0 saturated carbocycles. The Morgan fingerprint density at radius 2 is 2.05 bits per heavy atom. The molecule has 0 spiro atoms. The maximum Gasteiger partial charge on any atom is 0.348 e. The lowest BCUT2D eigenvalue weighted by molar-refractivity contribution is 0.0532. The highest BCUT2D eigenvalue weighted by Crippen LogP contribution is 2.34. The van der Waals surface area contributed by atoms with Crippen molar-refractivity contribution < 1.29 is 14.3 Å². The number of carbonyl (C=O) groups excluding carboxylic acids is 1. The number of nitrogens with zero attached hydrogens (tertiary/aromatic N) is 1. The van der Waals surface area contributed by atoms with Crippen molar-refractivity contribution in [3.05, 3.63) is 35.2 Å². The van der Waals surface area contributed by atoms with Crippen LogP contribution < -0.4 is 10.1 Å². The van der Waals surface area contributed by atoms with Gasteiger partial charge in [-0.2, -0.15) is 0 Å². The van der Waals surface area contributed by atoms with Crippen LogP contribution in [0.15, 0.2) is 30.3 Å². The smallest absolute Gasteiger partial charge is 0.348 e. The molecule has 0 aliphatic rings. The van der Waals surface area contributed by atoms with E-state index in [0.29, 0.717) is 11.5 Å². The molecule has 0 radical (unpaired) electrons. The second kappa shape index (κ2) is 6.33. The topological polar surface area (TPSA) is 60.5 Å². The lowest BCUT2D eigenvalue weighted by Gasteiger charge is -2.03. The van der Waals surface area contributed by atoms with E-state index in [1.807, 2.05) is 30.3 Å². The average Bonchev–Trinajstić information content (AvgIpc) is 3.06. The zero-order chi connectivity index (χ0) is 15.5. The van der Waals surface area contributed by atoms with Crippen LogP contribution in [0.5, 0.6) is 5.75 Å². The fourth-order valence-corrected chi connectivity index (χ4v) is 3.92. The molecule has 0 aliphatic carbocycles. The Morgan fingerprint density at radius 3 is 2.68 bits per heavy atom. The van der Waals surface area contributed by atoms with Crippen molar-refractivity contribution in [1.82, 2.24) is 4.98 Å². The highest BCUT2D eigenvalue weighted by molar-refractivity contribution is 7.29. The van der Waals surface area contributed by atoms with Gasteiger partial charge in [0.15, 0.2) is 5.13 Å². The number of anilines is 2. The summed E-state index contributed by atoms with van der Waals surface area (Å²) in [6.07, 6.45) is 0. The predicted molar refractivity (Wildman–Crippen MR) is 89.7 cm³/mol. The van der Waals surface area contributed by atoms with E-state index in [0.717, 1.165) is 26.1 Å². The van der Waals surface area contributed by atoms with E-state index in [9.17, 15) is 4.79 Å². The summed E-state index contributed by atoms with van der Waals surface area (Å²) >= 11 is 2.86. The van der Waals surface area contributed by atoms with E-state index in [1.54, 1.807) is 14.0 Å². The van der Waals surface area contributed by atoms with Crippen LogP contribution in [-0.2, 0) is 4.74 Å². The van der Waals surface area contributed by atoms with Gasteiger partial charge in [-0.05, 0) is 37.3 Å². The van der Waals surface area contributed by atoms with Gasteiger partial charge in [0.2, 0.25) is 0 Å². The third-order valence-corrected chi connectivity index (χ3v) is 4.96. The number of hydrogen-bond donors (Lipinski definition) is 1. The number of carbonyl (C=O) groups is 1. The minimum absolute atomic E-state index is 0.289. The van der Waals surface area contributed by atoms with E-state index >= 15 is 0 Å². The van der Waals surface area contributed by atoms with Gasteiger partial charge in [-0.25, -0.2) is 9.78 Å². The van der Waals surface area contributed by atoms with E-state index in [-0.39, 0.29) is 5.97 Å². The van der Waals surface area contributed by atoms with Gasteiger partial charge >= 0.3 is 5.97 Å². The zero-order valence-corrected chi connectivity index (χ0v) is 13.7. The second-order valence-corrected chi connectivity index (χ2v) is 6.43. The van der Waals surface area contributed by atoms with Crippen LogP contribution in [0.2, 0.25) is 0 Å². The molecule has 0 saturated heterocycles. The fraction of sp³-hybridized carbons (Fsp3) is 0.200. The Kier molecular flexibility index (Phi) is 4.26. The molecule has 114 valence electrons. The normalized spacial score (nSPS) is 10.6. The molecule has 0 aliphatic heterocycles. The monoisotopic (exact) mass is 334 g/mol. The van der Waals surface area contributed by atoms with Crippen LogP contribution in [0.4, 0.5) is 10.8 Å². The molecule has 3 aromatic rings. The van der Waals surface area contributed by atoms with E-state index in [2.05, 4.69) is 10.3 Å². The van der Waals surface area contributed by atoms with Crippen molar-refractivity contribution in [2.75, 3.05) is 19.0 Å². The number of nitrogens with one attached hydrogen (secondary N) is 1. The standard InChI is InChI=1S/C15H14N2O3S2/c1-3-20-14(18)12-8-11-13(21-12)17-15(22-11)16-9-4-6-10(19-2)7-5-9/h4-8H,3H2,1-2H3,(H,16,17). The number of rotatable bonds is 5. The number of thiazole rings is 1. The molecular weight excluding hydrogens is 320 g/mol. The molecule has 2 heterocycles. The SMILES string of the molecule is CCOC(=O)c1cc2sc(Nc3ccc(OC)cc3)nc2s1. The molecule has 5 nitrogen and oxygen atoms in total. The molecule has 1 aromatic carbocycles. The van der Waals surface area contributed by atoms with Crippen molar-refractivity contribution in [1.29, 1.82) is 0 Å². The molecule has 2 aromatic heterocycles. The number of esters is 1. The Morgan fingerprint density at radius 1 is 1.27 bits per heavy atom. The van der Waals surface area contributed by atoms with E-state index in [1.165, 1.54) is 22.7 Å². The van der Waals surface area contributed by atoms with Crippen molar-refractivity contribution in [2.24, 2.45) is 0 Å². The van der Waals surface area contributed by atoms with Crippen molar-refractivity contribution in [3.63, 3.8) is 0 Å². The lowest BCUT2D eigenvalue weighted by atomic mass is 10.3. The Balaban J connectivity index is 1.77. The molecular formula is C15H14N2O3S2. The van der Waals surface area contributed by atoms with Crippen LogP contribution in [-0.4, -0.2) is 24.7 Å². The van der Waals surface area contributed by atoms with Crippen LogP contribution in [0, 0.1) is 0 Å². The van der Waals surface area contributed by atoms with Gasteiger partial charge in [-0.3, -0.25) is 0 Å². The molecule has 0 bridgehead atoms. The average molecular weight is 334 g/mol. The quantitative estimate of drug-likeness (QED) is 0.705. The van der Waals surface area contributed by atoms with Crippen molar-refractivity contribution >= 4 is 49.0 Å². The van der Waals surface area contributed by atoms with Gasteiger partial charge in [-0.15, -0.1) is 11.3 Å². The summed E-state index contributed by atoms with van der Waals surface area (Å²) in [5.41, 5.74) is 0.938. The Hall–Kier alpha value is -2.12. The number of fused-ring (bicyclic) bond motifs is 1. The molecule has 0 amide bonds. The maximum absolute atomic E-state index is 11.7. The molecule has 1 N–H and O–H groups in total. The summed E-state index contributed by atoms with van der Waals surface area (Å²) in [7, 11) is 1.64. The van der Waals surface area contributed by atoms with Gasteiger partial charge in [0.25, 0.3) is 0 Å². The first-order valence-electron chi connectivity index (χ1n) is 6.68. The second-order valence-electron chi connectivity index (χ2n) is 4.37. The molecule has 0 fully saturated rings. The van der Waals surface area contributed by atoms with Crippen LogP contribution in [0.1, 0.15) is 16.6 Å². The number of methoxy groups -OCH3 is 1. The zero-order valence-electron chi connectivity index (χ0n) is 12.1. The van der Waals surface area contributed by atoms with Gasteiger partial charge in [-0.1, -0.05) is 11.3 Å². The maximum atomic E-state index is 11.7. The third-order valence-electron chi connectivity index (χ3n) is 2.91. The van der Waals surface area contributed by atoms with E-state index in [4.69, 9.17) is 9.47 Å². The summed E-state index contributed by atoms with van der Waals surface area (Å²) < 4.78 is 11.1. The lowest BCUT2D eigenvalue weighted by Crippen LogP contribution is -2.01. The number of benzene rings is 1. The molecule has 22 heavy (non-hydrogen) atoms. The molecule has 0 unspecified atom stereocenters. The van der Waals surface area contributed by atoms with Crippen molar-refractivity contribution in [2.45, 2.75) is 6.92 Å². The Labute approximate surface area is 135 Å². The van der Waals surface area contributed by atoms with Gasteiger partial charge < -0.3 is 14.8 Å². The van der Waals surface area contributed by atoms with Crippen molar-refractivity contribution in [3.8, 4) is 5.75 Å².